The quantitative estimate of drug-likeness (QED) is 0.786. The molecule has 2 aromatic rings. The van der Waals surface area contributed by atoms with Crippen LogP contribution in [0, 0.1) is 41.5 Å². The van der Waals surface area contributed by atoms with E-state index < -0.39 is 10.0 Å². The largest absolute Gasteiger partial charge is 0.296 e. The Hall–Kier alpha value is -1.70. The first-order chi connectivity index (χ1) is 13.1. The first-order valence-corrected chi connectivity index (χ1v) is 11.3. The van der Waals surface area contributed by atoms with Crippen molar-refractivity contribution in [3.8, 4) is 0 Å². The van der Waals surface area contributed by atoms with Crippen molar-refractivity contribution in [2.75, 3.05) is 26.2 Å². The Kier molecular flexibility index (Phi) is 5.71. The number of sulfonamides is 1. The molecule has 28 heavy (non-hydrogen) atoms. The van der Waals surface area contributed by atoms with Crippen LogP contribution < -0.4 is 0 Å². The summed E-state index contributed by atoms with van der Waals surface area (Å²) in [6, 6.07) is 0. The maximum absolute atomic E-state index is 13.5. The van der Waals surface area contributed by atoms with E-state index in [9.17, 15) is 8.42 Å². The molecule has 0 saturated carbocycles. The molecule has 0 atom stereocenters. The summed E-state index contributed by atoms with van der Waals surface area (Å²) in [4.78, 5) is 2.81. The second-order valence-corrected chi connectivity index (χ2v) is 9.89. The minimum Gasteiger partial charge on any atom is -0.296 e. The van der Waals surface area contributed by atoms with E-state index in [1.165, 1.54) is 11.1 Å². The van der Waals surface area contributed by atoms with Crippen LogP contribution in [0.25, 0.3) is 0 Å². The summed E-state index contributed by atoms with van der Waals surface area (Å²) in [6.45, 7) is 15.4. The molecular formula is C21H32N4O2S. The van der Waals surface area contributed by atoms with E-state index >= 15 is 0 Å². The maximum atomic E-state index is 13.5. The Bertz CT molecular complexity index is 971. The maximum Gasteiger partial charge on any atom is 0.243 e. The molecule has 7 heteroatoms. The molecule has 1 aromatic heterocycles. The number of hydrogen-bond acceptors (Lipinski definition) is 4. The van der Waals surface area contributed by atoms with Gasteiger partial charge in [-0.1, -0.05) is 0 Å². The van der Waals surface area contributed by atoms with Gasteiger partial charge in [0.1, 0.15) is 0 Å². The smallest absolute Gasteiger partial charge is 0.243 e. The summed E-state index contributed by atoms with van der Waals surface area (Å²) >= 11 is 0. The molecule has 1 aromatic carbocycles. The highest BCUT2D eigenvalue weighted by atomic mass is 32.2. The first kappa shape index (κ1) is 21.0. The van der Waals surface area contributed by atoms with E-state index in [0.717, 1.165) is 47.6 Å². The van der Waals surface area contributed by atoms with Crippen molar-refractivity contribution in [3.05, 3.63) is 45.3 Å². The van der Waals surface area contributed by atoms with Crippen molar-refractivity contribution >= 4 is 10.0 Å². The molecule has 154 valence electrons. The normalized spacial score (nSPS) is 16.7. The number of rotatable bonds is 4. The van der Waals surface area contributed by atoms with Gasteiger partial charge in [0.15, 0.2) is 0 Å². The first-order valence-electron chi connectivity index (χ1n) is 9.82. The van der Waals surface area contributed by atoms with E-state index in [2.05, 4.69) is 23.8 Å². The van der Waals surface area contributed by atoms with Crippen molar-refractivity contribution in [2.24, 2.45) is 7.05 Å². The molecule has 0 spiro atoms. The summed E-state index contributed by atoms with van der Waals surface area (Å²) in [6.07, 6.45) is 1.91. The van der Waals surface area contributed by atoms with Crippen LogP contribution in [0.4, 0.5) is 0 Å². The summed E-state index contributed by atoms with van der Waals surface area (Å²) in [5.74, 6) is 0. The van der Waals surface area contributed by atoms with E-state index in [0.29, 0.717) is 18.0 Å². The van der Waals surface area contributed by atoms with Crippen LogP contribution in [0.1, 0.15) is 39.1 Å². The minimum absolute atomic E-state index is 0.504. The highest BCUT2D eigenvalue weighted by molar-refractivity contribution is 7.89. The fraction of sp³-hybridized carbons (Fsp3) is 0.571. The topological polar surface area (TPSA) is 58.4 Å². The molecule has 0 radical (unpaired) electrons. The molecule has 1 aliphatic heterocycles. The van der Waals surface area contributed by atoms with Gasteiger partial charge in [-0.25, -0.2) is 8.42 Å². The molecule has 0 unspecified atom stereocenters. The van der Waals surface area contributed by atoms with Crippen molar-refractivity contribution < 1.29 is 8.42 Å². The molecule has 3 rings (SSSR count). The van der Waals surface area contributed by atoms with Crippen molar-refractivity contribution in [2.45, 2.75) is 53.0 Å². The lowest BCUT2D eigenvalue weighted by Gasteiger charge is -2.35. The van der Waals surface area contributed by atoms with Gasteiger partial charge >= 0.3 is 0 Å². The molecule has 0 amide bonds. The third-order valence-corrected chi connectivity index (χ3v) is 8.76. The van der Waals surface area contributed by atoms with Crippen LogP contribution in [0.2, 0.25) is 0 Å². The average Bonchev–Trinajstić information content (AvgIpc) is 2.97. The van der Waals surface area contributed by atoms with Crippen LogP contribution in [0.5, 0.6) is 0 Å². The number of aryl methyl sites for hydroxylation is 1. The minimum atomic E-state index is -3.50. The predicted molar refractivity (Wildman–Crippen MR) is 112 cm³/mol. The van der Waals surface area contributed by atoms with Crippen LogP contribution >= 0.6 is 0 Å². The second-order valence-electron chi connectivity index (χ2n) is 8.01. The van der Waals surface area contributed by atoms with Crippen LogP contribution in [-0.2, 0) is 23.6 Å². The fourth-order valence-corrected chi connectivity index (χ4v) is 6.03. The van der Waals surface area contributed by atoms with Crippen LogP contribution in [0.15, 0.2) is 11.1 Å². The van der Waals surface area contributed by atoms with Gasteiger partial charge < -0.3 is 0 Å². The fourth-order valence-electron chi connectivity index (χ4n) is 4.05. The van der Waals surface area contributed by atoms with Crippen LogP contribution in [0.3, 0.4) is 0 Å². The molecule has 1 fully saturated rings. The molecule has 1 aliphatic rings. The Morgan fingerprint density at radius 2 is 1.36 bits per heavy atom. The third kappa shape index (κ3) is 3.51. The summed E-state index contributed by atoms with van der Waals surface area (Å²) < 4.78 is 30.5. The van der Waals surface area contributed by atoms with Gasteiger partial charge in [-0.3, -0.25) is 9.58 Å². The Morgan fingerprint density at radius 3 is 1.82 bits per heavy atom. The summed E-state index contributed by atoms with van der Waals surface area (Å²) in [7, 11) is -1.55. The van der Waals surface area contributed by atoms with E-state index in [4.69, 9.17) is 0 Å². The van der Waals surface area contributed by atoms with Crippen molar-refractivity contribution in [1.29, 1.82) is 0 Å². The lowest BCUT2D eigenvalue weighted by Crippen LogP contribution is -2.48. The SMILES string of the molecule is Cc1c(C)c(C)c(S(=O)(=O)N2CCN(Cc3cnn(C)c3C)CC2)c(C)c1C. The zero-order valence-corrected chi connectivity index (χ0v) is 18.9. The standard InChI is InChI=1S/C21H32N4O2S/c1-14-15(2)17(4)21(18(5)16(14)3)28(26,27)25-10-8-24(9-11-25)13-20-12-22-23(7)19(20)6/h12H,8-11,13H2,1-7H3. The second kappa shape index (κ2) is 7.61. The van der Waals surface area contributed by atoms with Crippen LogP contribution in [-0.4, -0.2) is 53.6 Å². The van der Waals surface area contributed by atoms with Gasteiger partial charge in [0.25, 0.3) is 0 Å². The third-order valence-electron chi connectivity index (χ3n) is 6.59. The van der Waals surface area contributed by atoms with Crippen molar-refractivity contribution in [1.82, 2.24) is 19.0 Å². The molecule has 0 aliphatic carbocycles. The Balaban J connectivity index is 1.80. The van der Waals surface area contributed by atoms with Gasteiger partial charge in [-0.15, -0.1) is 0 Å². The van der Waals surface area contributed by atoms with Gasteiger partial charge in [0.2, 0.25) is 10.0 Å². The van der Waals surface area contributed by atoms with E-state index in [1.54, 1.807) is 4.31 Å². The zero-order chi connectivity index (χ0) is 20.8. The number of aromatic nitrogens is 2. The average molecular weight is 405 g/mol. The Morgan fingerprint density at radius 1 is 0.857 bits per heavy atom. The molecule has 6 nitrogen and oxygen atoms in total. The predicted octanol–water partition coefficient (Wildman–Crippen LogP) is 2.78. The van der Waals surface area contributed by atoms with Gasteiger partial charge in [-0.05, 0) is 69.4 Å². The molecular weight excluding hydrogens is 372 g/mol. The van der Waals surface area contributed by atoms with Gasteiger partial charge in [-0.2, -0.15) is 9.40 Å². The summed E-state index contributed by atoms with van der Waals surface area (Å²) in [5.41, 5.74) is 7.47. The number of hydrogen-bond donors (Lipinski definition) is 0. The zero-order valence-electron chi connectivity index (χ0n) is 18.1. The monoisotopic (exact) mass is 404 g/mol. The molecule has 1 saturated heterocycles. The highest BCUT2D eigenvalue weighted by Gasteiger charge is 2.32. The lowest BCUT2D eigenvalue weighted by molar-refractivity contribution is 0.181. The van der Waals surface area contributed by atoms with Crippen molar-refractivity contribution in [3.63, 3.8) is 0 Å². The number of benzene rings is 1. The Labute approximate surface area is 169 Å². The summed E-state index contributed by atoms with van der Waals surface area (Å²) in [5, 5.41) is 4.30. The van der Waals surface area contributed by atoms with E-state index in [-0.39, 0.29) is 0 Å². The number of piperazine rings is 1. The lowest BCUT2D eigenvalue weighted by atomic mass is 9.95. The highest BCUT2D eigenvalue weighted by Crippen LogP contribution is 2.32. The molecule has 2 heterocycles. The molecule has 0 N–H and O–H groups in total. The molecule has 0 bridgehead atoms. The van der Waals surface area contributed by atoms with E-state index in [1.807, 2.05) is 45.6 Å². The van der Waals surface area contributed by atoms with Gasteiger partial charge in [0, 0.05) is 51.0 Å². The number of nitrogens with zero attached hydrogens (tertiary/aromatic N) is 4. The van der Waals surface area contributed by atoms with Gasteiger partial charge in [0.05, 0.1) is 11.1 Å².